The minimum absolute atomic E-state index is 0.143. The Morgan fingerprint density at radius 1 is 0.536 bits per heavy atom. The van der Waals surface area contributed by atoms with Crippen molar-refractivity contribution in [3.63, 3.8) is 0 Å². The molecule has 0 aromatic heterocycles. The van der Waals surface area contributed by atoms with Crippen LogP contribution in [0.2, 0.25) is 10.0 Å². The molecule has 4 heterocycles. The Balaban J connectivity index is 0.000000175. The van der Waals surface area contributed by atoms with E-state index in [1.54, 1.807) is 24.3 Å². The second-order valence-electron chi connectivity index (χ2n) is 26.8. The Morgan fingerprint density at radius 2 is 0.940 bits per heavy atom. The standard InChI is InChI=1S/2C33H43ClN2O5S/c2*1-21(2)31-8-4-3-7-29(37)26-12-9-24(26)18-36-19-33(15-5-6-22-16-25(34)11-13-27(22)33)20-41-30-14-10-23(17-28(30)36)32(38)35-42(31,39)40/h2*10-11,13-14,16-17,21,24,26,29,31,37H,3-9,12,15,18-20H2,1-2H3,(H,35,38)/t24-,26+,29-,31+,33-;24-,26+,29-,31-,33-/m00/s1. The number of nitrogens with one attached hydrogen (secondary N) is 2. The highest BCUT2D eigenvalue weighted by Crippen LogP contribution is 2.50. The Kier molecular flexibility index (Phi) is 18.1. The van der Waals surface area contributed by atoms with E-state index in [0.29, 0.717) is 99.3 Å². The molecule has 2 fully saturated rings. The summed E-state index contributed by atoms with van der Waals surface area (Å²) in [7, 11) is -7.78. The van der Waals surface area contributed by atoms with Crippen molar-refractivity contribution in [1.29, 1.82) is 0 Å². The number of aliphatic hydroxyl groups is 2. The van der Waals surface area contributed by atoms with E-state index in [1.165, 1.54) is 22.3 Å². The van der Waals surface area contributed by atoms with Gasteiger partial charge in [0, 0.05) is 58.2 Å². The van der Waals surface area contributed by atoms with Gasteiger partial charge in [-0.25, -0.2) is 26.3 Å². The van der Waals surface area contributed by atoms with E-state index >= 15 is 0 Å². The van der Waals surface area contributed by atoms with Gasteiger partial charge in [0.15, 0.2) is 0 Å². The minimum atomic E-state index is -3.89. The van der Waals surface area contributed by atoms with Crippen LogP contribution in [0.15, 0.2) is 72.8 Å². The first-order valence-corrected chi connectivity index (χ1v) is 35.1. The van der Waals surface area contributed by atoms with Gasteiger partial charge in [-0.1, -0.05) is 88.7 Å². The number of halogens is 2. The third kappa shape index (κ3) is 12.6. The second-order valence-corrected chi connectivity index (χ2v) is 31.5. The Hall–Kier alpha value is -4.58. The number of fused-ring (bicyclic) bond motifs is 8. The van der Waals surface area contributed by atoms with Gasteiger partial charge in [-0.2, -0.15) is 0 Å². The fourth-order valence-electron chi connectivity index (χ4n) is 15.8. The number of carbonyl (C=O) groups excluding carboxylic acids is 2. The van der Waals surface area contributed by atoms with E-state index in [0.717, 1.165) is 112 Å². The molecule has 4 aliphatic carbocycles. The molecule has 0 unspecified atom stereocenters. The normalized spacial score (nSPS) is 31.3. The SMILES string of the molecule is CC(C)[C@@H]1CCCC[C@H](O)[C@@H]2CC[C@H]2CN2C[C@@]3(CCCc4cc(Cl)ccc43)COc3ccc(cc32)C(=O)NS1(=O)=O.CC(C)[C@H]1CCCC[C@H](O)[C@@H]2CC[C@H]2CN2C[C@@]3(CCCc4cc(Cl)ccc43)COc3ccc(cc32)C(=O)NS1(=O)=O. The van der Waals surface area contributed by atoms with Gasteiger partial charge in [0.05, 0.1) is 47.3 Å². The van der Waals surface area contributed by atoms with Gasteiger partial charge in [0.2, 0.25) is 20.0 Å². The largest absolute Gasteiger partial charge is 0.490 e. The van der Waals surface area contributed by atoms with Gasteiger partial charge in [-0.05, 0) is 208 Å². The van der Waals surface area contributed by atoms with Crippen molar-refractivity contribution >= 4 is 66.4 Å². The van der Waals surface area contributed by atoms with E-state index in [1.807, 2.05) is 52.0 Å². The zero-order valence-corrected chi connectivity index (χ0v) is 52.4. The molecule has 2 spiro atoms. The molecule has 4 aromatic carbocycles. The summed E-state index contributed by atoms with van der Waals surface area (Å²) in [5.74, 6) is 1.01. The molecule has 10 atom stereocenters. The molecule has 456 valence electrons. The van der Waals surface area contributed by atoms with E-state index in [4.69, 9.17) is 32.7 Å². The summed E-state index contributed by atoms with van der Waals surface area (Å²) >= 11 is 12.8. The summed E-state index contributed by atoms with van der Waals surface area (Å²) in [6.07, 6.45) is 14.5. The molecule has 4 aliphatic heterocycles. The predicted octanol–water partition coefficient (Wildman–Crippen LogP) is 11.7. The topological polar surface area (TPSA) is 192 Å². The van der Waals surface area contributed by atoms with E-state index < -0.39 is 54.6 Å². The monoisotopic (exact) mass is 1230 g/mol. The summed E-state index contributed by atoms with van der Waals surface area (Å²) in [5, 5.41) is 22.5. The quantitative estimate of drug-likeness (QED) is 0.149. The lowest BCUT2D eigenvalue weighted by Gasteiger charge is -2.45. The van der Waals surface area contributed by atoms with Crippen molar-refractivity contribution in [2.24, 2.45) is 35.5 Å². The molecule has 0 radical (unpaired) electrons. The Bertz CT molecular complexity index is 3110. The first-order valence-electron chi connectivity index (χ1n) is 31.2. The average molecular weight is 1230 g/mol. The number of amides is 2. The third-order valence-corrected chi connectivity index (χ3v) is 25.2. The van der Waals surface area contributed by atoms with E-state index in [2.05, 4.69) is 43.5 Å². The number of rotatable bonds is 2. The van der Waals surface area contributed by atoms with Gasteiger partial charge < -0.3 is 29.5 Å². The minimum Gasteiger partial charge on any atom is -0.490 e. The second kappa shape index (κ2) is 24.9. The third-order valence-electron chi connectivity index (χ3n) is 20.7. The number of sulfonamides is 2. The molecule has 84 heavy (non-hydrogen) atoms. The number of aliphatic hydroxyl groups excluding tert-OH is 2. The number of anilines is 2. The van der Waals surface area contributed by atoms with Crippen molar-refractivity contribution < 1.29 is 46.1 Å². The van der Waals surface area contributed by atoms with E-state index in [9.17, 15) is 36.6 Å². The van der Waals surface area contributed by atoms with Crippen LogP contribution in [0.25, 0.3) is 0 Å². The summed E-state index contributed by atoms with van der Waals surface area (Å²) in [5.41, 5.74) is 6.81. The van der Waals surface area contributed by atoms with Crippen molar-refractivity contribution in [2.75, 3.05) is 49.2 Å². The molecule has 8 aliphatic rings. The summed E-state index contributed by atoms with van der Waals surface area (Å²) in [6, 6.07) is 22.9. The van der Waals surface area contributed by atoms with E-state index in [-0.39, 0.29) is 34.5 Å². The maximum atomic E-state index is 13.4. The molecule has 12 rings (SSSR count). The first-order chi connectivity index (χ1) is 40.1. The van der Waals surface area contributed by atoms with Crippen LogP contribution in [0.1, 0.15) is 173 Å². The molecule has 2 amide bonds. The van der Waals surface area contributed by atoms with Gasteiger partial charge in [0.1, 0.15) is 11.5 Å². The zero-order valence-electron chi connectivity index (χ0n) is 49.3. The van der Waals surface area contributed by atoms with Gasteiger partial charge >= 0.3 is 0 Å². The molecular formula is C66H86Cl2N4O10S2. The number of nitrogens with zero attached hydrogens (tertiary/aromatic N) is 2. The Labute approximate surface area is 508 Å². The van der Waals surface area contributed by atoms with Crippen molar-refractivity contribution in [1.82, 2.24) is 9.44 Å². The fraction of sp³-hybridized carbons (Fsp3) is 0.606. The van der Waals surface area contributed by atoms with Gasteiger partial charge in [-0.3, -0.25) is 9.59 Å². The summed E-state index contributed by atoms with van der Waals surface area (Å²) in [6.45, 7) is 11.5. The van der Waals surface area contributed by atoms with Gasteiger partial charge in [0.25, 0.3) is 11.8 Å². The molecule has 2 saturated carbocycles. The average Bonchev–Trinajstić information content (AvgIpc) is 1.69. The smallest absolute Gasteiger partial charge is 0.264 e. The summed E-state index contributed by atoms with van der Waals surface area (Å²) in [4.78, 5) is 31.6. The molecule has 14 nitrogen and oxygen atoms in total. The highest BCUT2D eigenvalue weighted by Gasteiger charge is 2.47. The van der Waals surface area contributed by atoms with Crippen LogP contribution >= 0.6 is 23.2 Å². The van der Waals surface area contributed by atoms with Crippen LogP contribution in [0.4, 0.5) is 11.4 Å². The molecule has 18 heteroatoms. The molecule has 4 bridgehead atoms. The number of aryl methyl sites for hydroxylation is 2. The summed E-state index contributed by atoms with van der Waals surface area (Å²) < 4.78 is 71.4. The molecular weight excluding hydrogens is 1140 g/mol. The Morgan fingerprint density at radius 3 is 1.32 bits per heavy atom. The number of hydrogen-bond donors (Lipinski definition) is 4. The van der Waals surface area contributed by atoms with Gasteiger partial charge in [-0.15, -0.1) is 0 Å². The lowest BCUT2D eigenvalue weighted by molar-refractivity contribution is 0.00882. The van der Waals surface area contributed by atoms with Crippen molar-refractivity contribution in [2.45, 2.75) is 177 Å². The van der Waals surface area contributed by atoms with Crippen LogP contribution in [-0.2, 0) is 43.7 Å². The van der Waals surface area contributed by atoms with Crippen LogP contribution in [0, 0.1) is 35.5 Å². The predicted molar refractivity (Wildman–Crippen MR) is 332 cm³/mol. The fourth-order valence-corrected chi connectivity index (χ4v) is 19.6. The highest BCUT2D eigenvalue weighted by atomic mass is 35.5. The maximum absolute atomic E-state index is 13.4. The number of benzene rings is 4. The van der Waals surface area contributed by atoms with Crippen LogP contribution in [0.5, 0.6) is 11.5 Å². The lowest BCUT2D eigenvalue weighted by Crippen LogP contribution is -2.49. The zero-order chi connectivity index (χ0) is 59.3. The van der Waals surface area contributed by atoms with Crippen LogP contribution < -0.4 is 28.7 Å². The highest BCUT2D eigenvalue weighted by molar-refractivity contribution is 7.91. The van der Waals surface area contributed by atoms with Crippen molar-refractivity contribution in [3.8, 4) is 11.5 Å². The number of ether oxygens (including phenoxy) is 2. The number of carbonyl (C=O) groups is 2. The van der Waals surface area contributed by atoms with Crippen molar-refractivity contribution in [3.05, 3.63) is 116 Å². The number of hydrogen-bond acceptors (Lipinski definition) is 12. The van der Waals surface area contributed by atoms with Crippen LogP contribution in [0.3, 0.4) is 0 Å². The maximum Gasteiger partial charge on any atom is 0.264 e. The molecule has 0 saturated heterocycles. The first kappa shape index (κ1) is 61.1. The van der Waals surface area contributed by atoms with Crippen LogP contribution in [-0.4, -0.2) is 101 Å². The molecule has 4 aromatic rings. The molecule has 4 N–H and O–H groups in total. The lowest BCUT2D eigenvalue weighted by atomic mass is 9.68.